The van der Waals surface area contributed by atoms with E-state index in [1.54, 1.807) is 24.4 Å². The summed E-state index contributed by atoms with van der Waals surface area (Å²) in [6, 6.07) is 5.25. The van der Waals surface area contributed by atoms with Gasteiger partial charge in [-0.2, -0.15) is 0 Å². The van der Waals surface area contributed by atoms with Gasteiger partial charge in [0.15, 0.2) is 0 Å². The summed E-state index contributed by atoms with van der Waals surface area (Å²) in [6.07, 6.45) is 2.88. The molecule has 0 bridgehead atoms. The summed E-state index contributed by atoms with van der Waals surface area (Å²) in [6.45, 7) is 4.45. The lowest BCUT2D eigenvalue weighted by molar-refractivity contribution is -0.383. The van der Waals surface area contributed by atoms with Gasteiger partial charge >= 0.3 is 5.69 Å². The number of nitrogens with one attached hydrogen (secondary N) is 2. The van der Waals surface area contributed by atoms with Gasteiger partial charge in [-0.1, -0.05) is 6.07 Å². The highest BCUT2D eigenvalue weighted by molar-refractivity contribution is 5.72. The fourth-order valence-corrected chi connectivity index (χ4v) is 2.49. The number of hydrogen-bond acceptors (Lipinski definition) is 9. The third kappa shape index (κ3) is 4.58. The number of pyridine rings is 1. The highest BCUT2D eigenvalue weighted by Gasteiger charge is 2.23. The fourth-order valence-electron chi connectivity index (χ4n) is 2.49. The molecule has 0 unspecified atom stereocenters. The number of morpholine rings is 1. The molecule has 2 aromatic rings. The number of nitro groups is 1. The van der Waals surface area contributed by atoms with Gasteiger partial charge in [0.25, 0.3) is 0 Å². The molecule has 2 N–H and O–H groups in total. The van der Waals surface area contributed by atoms with Gasteiger partial charge in [-0.3, -0.25) is 15.0 Å². The Labute approximate surface area is 144 Å². The Balaban J connectivity index is 1.70. The summed E-state index contributed by atoms with van der Waals surface area (Å²) in [4.78, 5) is 25.3. The fraction of sp³-hybridized carbons (Fsp3) is 0.400. The van der Waals surface area contributed by atoms with E-state index in [1.807, 2.05) is 0 Å². The van der Waals surface area contributed by atoms with Gasteiger partial charge in [-0.15, -0.1) is 0 Å². The van der Waals surface area contributed by atoms with Gasteiger partial charge in [-0.05, 0) is 12.1 Å². The van der Waals surface area contributed by atoms with Crippen molar-refractivity contribution in [2.24, 2.45) is 0 Å². The predicted molar refractivity (Wildman–Crippen MR) is 92.0 cm³/mol. The average molecular weight is 345 g/mol. The maximum absolute atomic E-state index is 11.5. The molecule has 0 aliphatic carbocycles. The van der Waals surface area contributed by atoms with E-state index in [9.17, 15) is 10.1 Å². The molecule has 1 fully saturated rings. The van der Waals surface area contributed by atoms with Crippen LogP contribution < -0.4 is 10.6 Å². The van der Waals surface area contributed by atoms with E-state index in [0.29, 0.717) is 25.6 Å². The van der Waals surface area contributed by atoms with Gasteiger partial charge in [0.05, 0.1) is 18.1 Å². The highest BCUT2D eigenvalue weighted by Crippen LogP contribution is 2.30. The molecule has 0 radical (unpaired) electrons. The monoisotopic (exact) mass is 345 g/mol. The second-order valence-corrected chi connectivity index (χ2v) is 5.40. The van der Waals surface area contributed by atoms with Crippen molar-refractivity contribution < 1.29 is 9.66 Å². The van der Waals surface area contributed by atoms with Crippen molar-refractivity contribution in [3.63, 3.8) is 0 Å². The first-order valence-corrected chi connectivity index (χ1v) is 7.95. The molecule has 1 aliphatic heterocycles. The van der Waals surface area contributed by atoms with Crippen LogP contribution >= 0.6 is 0 Å². The minimum Gasteiger partial charge on any atom is -0.379 e. The smallest absolute Gasteiger partial charge is 0.353 e. The summed E-state index contributed by atoms with van der Waals surface area (Å²) >= 11 is 0. The van der Waals surface area contributed by atoms with Crippen molar-refractivity contribution in [3.05, 3.63) is 40.8 Å². The minimum atomic E-state index is -0.498. The van der Waals surface area contributed by atoms with Crippen LogP contribution in [0.5, 0.6) is 0 Å². The molecular weight excluding hydrogens is 326 g/mol. The van der Waals surface area contributed by atoms with E-state index in [1.165, 1.54) is 6.33 Å². The van der Waals surface area contributed by atoms with Crippen LogP contribution in [0.15, 0.2) is 30.7 Å². The Morgan fingerprint density at radius 2 is 2.00 bits per heavy atom. The predicted octanol–water partition coefficient (Wildman–Crippen LogP) is 1.27. The van der Waals surface area contributed by atoms with Crippen molar-refractivity contribution in [1.29, 1.82) is 0 Å². The average Bonchev–Trinajstić information content (AvgIpc) is 2.63. The van der Waals surface area contributed by atoms with Gasteiger partial charge in [0, 0.05) is 32.4 Å². The topological polar surface area (TPSA) is 118 Å². The van der Waals surface area contributed by atoms with Crippen molar-refractivity contribution in [2.45, 2.75) is 0 Å². The molecular formula is C15H19N7O3. The molecule has 0 aromatic carbocycles. The van der Waals surface area contributed by atoms with Gasteiger partial charge in [0.2, 0.25) is 11.6 Å². The summed E-state index contributed by atoms with van der Waals surface area (Å²) < 4.78 is 5.30. The Hall–Kier alpha value is -2.85. The molecule has 10 heteroatoms. The zero-order chi connectivity index (χ0) is 17.5. The molecule has 132 valence electrons. The summed E-state index contributed by atoms with van der Waals surface area (Å²) in [5, 5.41) is 17.4. The Morgan fingerprint density at radius 1 is 1.20 bits per heavy atom. The lowest BCUT2D eigenvalue weighted by Gasteiger charge is -2.26. The van der Waals surface area contributed by atoms with Crippen LogP contribution in [0.2, 0.25) is 0 Å². The van der Waals surface area contributed by atoms with Crippen molar-refractivity contribution >= 4 is 23.1 Å². The molecule has 3 heterocycles. The Kier molecular flexibility index (Phi) is 5.65. The van der Waals surface area contributed by atoms with Crippen LogP contribution in [0, 0.1) is 10.1 Å². The van der Waals surface area contributed by atoms with Gasteiger partial charge in [0.1, 0.15) is 12.1 Å². The maximum Gasteiger partial charge on any atom is 0.353 e. The number of aromatic nitrogens is 3. The highest BCUT2D eigenvalue weighted by atomic mass is 16.6. The third-order valence-corrected chi connectivity index (χ3v) is 3.74. The van der Waals surface area contributed by atoms with E-state index < -0.39 is 4.92 Å². The molecule has 0 saturated carbocycles. The Morgan fingerprint density at radius 3 is 2.72 bits per heavy atom. The summed E-state index contributed by atoms with van der Waals surface area (Å²) in [5.41, 5.74) is -0.199. The molecule has 10 nitrogen and oxygen atoms in total. The van der Waals surface area contributed by atoms with E-state index in [-0.39, 0.29) is 17.3 Å². The zero-order valence-corrected chi connectivity index (χ0v) is 13.6. The first-order chi connectivity index (χ1) is 12.2. The van der Waals surface area contributed by atoms with E-state index >= 15 is 0 Å². The van der Waals surface area contributed by atoms with Gasteiger partial charge in [-0.25, -0.2) is 15.0 Å². The first kappa shape index (κ1) is 17.0. The second kappa shape index (κ2) is 8.31. The number of anilines is 3. The van der Waals surface area contributed by atoms with E-state index in [4.69, 9.17) is 4.74 Å². The van der Waals surface area contributed by atoms with Gasteiger partial charge < -0.3 is 15.4 Å². The van der Waals surface area contributed by atoms with Crippen molar-refractivity contribution in [1.82, 2.24) is 19.9 Å². The number of ether oxygens (including phenoxy) is 1. The van der Waals surface area contributed by atoms with E-state index in [2.05, 4.69) is 30.5 Å². The lowest BCUT2D eigenvalue weighted by atomic mass is 10.3. The first-order valence-electron chi connectivity index (χ1n) is 7.95. The van der Waals surface area contributed by atoms with Crippen molar-refractivity contribution in [3.8, 4) is 0 Å². The number of hydrogen-bond donors (Lipinski definition) is 2. The molecule has 0 spiro atoms. The van der Waals surface area contributed by atoms with Crippen molar-refractivity contribution in [2.75, 3.05) is 50.0 Å². The summed E-state index contributed by atoms with van der Waals surface area (Å²) in [5.74, 6) is 0.767. The quantitative estimate of drug-likeness (QED) is 0.564. The van der Waals surface area contributed by atoms with Crippen LogP contribution in [-0.2, 0) is 4.74 Å². The molecule has 25 heavy (non-hydrogen) atoms. The normalized spacial score (nSPS) is 14.9. The van der Waals surface area contributed by atoms with E-state index in [0.717, 1.165) is 19.6 Å². The SMILES string of the molecule is O=[N+]([O-])c1c(NCCN2CCOCC2)ncnc1Nc1ccccn1. The largest absolute Gasteiger partial charge is 0.379 e. The zero-order valence-electron chi connectivity index (χ0n) is 13.6. The van der Waals surface area contributed by atoms with Crippen LogP contribution in [0.4, 0.5) is 23.1 Å². The van der Waals surface area contributed by atoms with Crippen LogP contribution in [0.25, 0.3) is 0 Å². The number of nitrogens with zero attached hydrogens (tertiary/aromatic N) is 5. The minimum absolute atomic E-state index is 0.104. The molecule has 3 rings (SSSR count). The Bertz CT molecular complexity index is 708. The third-order valence-electron chi connectivity index (χ3n) is 3.74. The number of rotatable bonds is 7. The maximum atomic E-state index is 11.5. The standard InChI is InChI=1S/C15H19N7O3/c23-22(24)13-14(17-5-6-21-7-9-25-10-8-21)18-11-19-15(13)20-12-3-1-2-4-16-12/h1-4,11H,5-10H2,(H2,16,17,18,19,20). The molecule has 2 aromatic heterocycles. The van der Waals surface area contributed by atoms with Crippen LogP contribution in [-0.4, -0.2) is 64.2 Å². The van der Waals surface area contributed by atoms with Crippen LogP contribution in [0.3, 0.4) is 0 Å². The second-order valence-electron chi connectivity index (χ2n) is 5.40. The molecule has 0 atom stereocenters. The lowest BCUT2D eigenvalue weighted by Crippen LogP contribution is -2.39. The molecule has 0 amide bonds. The summed E-state index contributed by atoms with van der Waals surface area (Å²) in [7, 11) is 0. The van der Waals surface area contributed by atoms with Crippen LogP contribution in [0.1, 0.15) is 0 Å². The molecule has 1 aliphatic rings. The molecule has 1 saturated heterocycles.